The predicted octanol–water partition coefficient (Wildman–Crippen LogP) is 4.00. The molecular weight excluding hydrogens is 399 g/mol. The maximum absolute atomic E-state index is 14.8. The van der Waals surface area contributed by atoms with Gasteiger partial charge in [0.15, 0.2) is 7.14 Å². The van der Waals surface area contributed by atoms with E-state index in [1.165, 1.54) is 13.8 Å². The number of rotatable bonds is 9. The number of carbonyl (C=O) groups excluding carboxylic acids is 2. The van der Waals surface area contributed by atoms with Crippen LogP contribution in [0.25, 0.3) is 0 Å². The first-order valence-electron chi connectivity index (χ1n) is 9.70. The average molecular weight is 426 g/mol. The maximum atomic E-state index is 14.8. The standard InChI is InChI=1S/C24H27O5P/c1-4-12-23(29-20(3)26)24(17-11-18-28-19(2)25)30(27,21-13-7-5-8-14-21)22-15-9-6-10-16-22/h4-17,23-24H,18H2,1-3H3/b12-4+,17-11+/t23-,24-/m1/s1. The molecule has 0 amide bonds. The topological polar surface area (TPSA) is 69.7 Å². The van der Waals surface area contributed by atoms with Gasteiger partial charge in [0.2, 0.25) is 0 Å². The van der Waals surface area contributed by atoms with Crippen molar-refractivity contribution in [3.8, 4) is 0 Å². The van der Waals surface area contributed by atoms with Crippen LogP contribution in [0.4, 0.5) is 0 Å². The summed E-state index contributed by atoms with van der Waals surface area (Å²) in [4.78, 5) is 22.9. The molecular formula is C24H27O5P. The summed E-state index contributed by atoms with van der Waals surface area (Å²) in [5.74, 6) is -0.875. The highest BCUT2D eigenvalue weighted by molar-refractivity contribution is 7.79. The first-order valence-corrected chi connectivity index (χ1v) is 11.5. The van der Waals surface area contributed by atoms with Crippen molar-refractivity contribution in [1.82, 2.24) is 0 Å². The lowest BCUT2D eigenvalue weighted by Gasteiger charge is -2.31. The molecule has 0 aliphatic heterocycles. The summed E-state index contributed by atoms with van der Waals surface area (Å²) in [6, 6.07) is 18.3. The van der Waals surface area contributed by atoms with Crippen molar-refractivity contribution < 1.29 is 23.6 Å². The van der Waals surface area contributed by atoms with Crippen molar-refractivity contribution in [2.45, 2.75) is 32.5 Å². The summed E-state index contributed by atoms with van der Waals surface area (Å²) in [6.45, 7) is 4.50. The zero-order valence-electron chi connectivity index (χ0n) is 17.4. The van der Waals surface area contributed by atoms with Crippen LogP contribution in [0.1, 0.15) is 20.8 Å². The van der Waals surface area contributed by atoms with Crippen LogP contribution in [0.15, 0.2) is 85.0 Å². The smallest absolute Gasteiger partial charge is 0.303 e. The van der Waals surface area contributed by atoms with Gasteiger partial charge >= 0.3 is 11.9 Å². The molecule has 2 rings (SSSR count). The van der Waals surface area contributed by atoms with Crippen LogP contribution in [-0.4, -0.2) is 30.3 Å². The van der Waals surface area contributed by atoms with E-state index in [0.717, 1.165) is 0 Å². The quantitative estimate of drug-likeness (QED) is 0.344. The van der Waals surface area contributed by atoms with Gasteiger partial charge in [0.1, 0.15) is 12.7 Å². The average Bonchev–Trinajstić information content (AvgIpc) is 2.74. The van der Waals surface area contributed by atoms with E-state index >= 15 is 0 Å². The van der Waals surface area contributed by atoms with E-state index in [0.29, 0.717) is 10.6 Å². The summed E-state index contributed by atoms with van der Waals surface area (Å²) >= 11 is 0. The Kier molecular flexibility index (Phi) is 8.82. The lowest BCUT2D eigenvalue weighted by atomic mass is 10.2. The molecule has 0 heterocycles. The van der Waals surface area contributed by atoms with Crippen LogP contribution in [0, 0.1) is 0 Å². The molecule has 0 saturated heterocycles. The molecule has 0 aliphatic carbocycles. The van der Waals surface area contributed by atoms with Crippen molar-refractivity contribution >= 4 is 29.7 Å². The van der Waals surface area contributed by atoms with Crippen LogP contribution in [0.5, 0.6) is 0 Å². The van der Waals surface area contributed by atoms with E-state index in [1.807, 2.05) is 67.6 Å². The zero-order valence-corrected chi connectivity index (χ0v) is 18.3. The van der Waals surface area contributed by atoms with Gasteiger partial charge in [-0.25, -0.2) is 0 Å². The summed E-state index contributed by atoms with van der Waals surface area (Å²) in [5, 5.41) is 1.31. The molecule has 2 aromatic rings. The summed E-state index contributed by atoms with van der Waals surface area (Å²) in [7, 11) is -3.30. The second-order valence-corrected chi connectivity index (χ2v) is 9.60. The molecule has 158 valence electrons. The third kappa shape index (κ3) is 6.04. The van der Waals surface area contributed by atoms with Gasteiger partial charge in [-0.2, -0.15) is 0 Å². The Labute approximate surface area is 177 Å². The molecule has 2 atom stereocenters. The predicted molar refractivity (Wildman–Crippen MR) is 120 cm³/mol. The third-order valence-electron chi connectivity index (χ3n) is 4.44. The van der Waals surface area contributed by atoms with Gasteiger partial charge < -0.3 is 14.0 Å². The SMILES string of the molecule is C/C=C/[C@@H](OC(C)=O)[C@@H](/C=C/COC(C)=O)P(=O)(c1ccccc1)c1ccccc1. The first kappa shape index (κ1) is 23.4. The van der Waals surface area contributed by atoms with Crippen molar-refractivity contribution in [1.29, 1.82) is 0 Å². The summed E-state index contributed by atoms with van der Waals surface area (Å²) < 4.78 is 25.3. The lowest BCUT2D eigenvalue weighted by molar-refractivity contribution is -0.143. The number of carbonyl (C=O) groups is 2. The second-order valence-electron chi connectivity index (χ2n) is 6.65. The van der Waals surface area contributed by atoms with E-state index in [2.05, 4.69) is 0 Å². The molecule has 0 fully saturated rings. The van der Waals surface area contributed by atoms with Crippen molar-refractivity contribution in [3.63, 3.8) is 0 Å². The normalized spacial score (nSPS) is 13.8. The molecule has 0 N–H and O–H groups in total. The fourth-order valence-corrected chi connectivity index (χ4v) is 6.35. The first-order chi connectivity index (χ1) is 14.4. The Morgan fingerprint density at radius 3 is 1.87 bits per heavy atom. The van der Waals surface area contributed by atoms with Gasteiger partial charge in [-0.05, 0) is 13.0 Å². The number of hydrogen-bond acceptors (Lipinski definition) is 5. The molecule has 30 heavy (non-hydrogen) atoms. The molecule has 0 saturated carbocycles. The van der Waals surface area contributed by atoms with E-state index in [1.54, 1.807) is 24.3 Å². The van der Waals surface area contributed by atoms with Crippen LogP contribution in [0.3, 0.4) is 0 Å². The Balaban J connectivity index is 2.66. The van der Waals surface area contributed by atoms with Gasteiger partial charge in [0.05, 0.1) is 5.66 Å². The highest BCUT2D eigenvalue weighted by atomic mass is 31.2. The van der Waals surface area contributed by atoms with Crippen molar-refractivity contribution in [3.05, 3.63) is 85.0 Å². The number of esters is 2. The molecule has 0 unspecified atom stereocenters. The molecule has 0 aliphatic rings. The fraction of sp³-hybridized carbons (Fsp3) is 0.250. The number of allylic oxidation sites excluding steroid dienone is 1. The maximum Gasteiger partial charge on any atom is 0.303 e. The summed E-state index contributed by atoms with van der Waals surface area (Å²) in [5.41, 5.74) is -0.682. The van der Waals surface area contributed by atoms with Crippen LogP contribution < -0.4 is 10.6 Å². The fourth-order valence-electron chi connectivity index (χ4n) is 3.19. The highest BCUT2D eigenvalue weighted by Gasteiger charge is 2.40. The number of ether oxygens (including phenoxy) is 2. The summed E-state index contributed by atoms with van der Waals surface area (Å²) in [6.07, 6.45) is 6.09. The van der Waals surface area contributed by atoms with Crippen LogP contribution >= 0.6 is 7.14 Å². The minimum atomic E-state index is -3.30. The molecule has 6 heteroatoms. The minimum Gasteiger partial charge on any atom is -0.462 e. The van der Waals surface area contributed by atoms with E-state index in [9.17, 15) is 14.2 Å². The van der Waals surface area contributed by atoms with Gasteiger partial charge in [-0.1, -0.05) is 78.9 Å². The van der Waals surface area contributed by atoms with E-state index in [-0.39, 0.29) is 6.61 Å². The van der Waals surface area contributed by atoms with E-state index in [4.69, 9.17) is 9.47 Å². The third-order valence-corrected chi connectivity index (χ3v) is 7.87. The molecule has 0 bridgehead atoms. The Morgan fingerprint density at radius 2 is 1.43 bits per heavy atom. The Morgan fingerprint density at radius 1 is 0.900 bits per heavy atom. The van der Waals surface area contributed by atoms with Crippen molar-refractivity contribution in [2.75, 3.05) is 6.61 Å². The molecule has 2 aromatic carbocycles. The lowest BCUT2D eigenvalue weighted by Crippen LogP contribution is -2.35. The zero-order chi connectivity index (χ0) is 22.0. The second kappa shape index (κ2) is 11.3. The highest BCUT2D eigenvalue weighted by Crippen LogP contribution is 2.51. The monoisotopic (exact) mass is 426 g/mol. The minimum absolute atomic E-state index is 0.0397. The van der Waals surface area contributed by atoms with Gasteiger partial charge in [-0.3, -0.25) is 9.59 Å². The van der Waals surface area contributed by atoms with E-state index < -0.39 is 30.8 Å². The molecule has 0 spiro atoms. The molecule has 0 aromatic heterocycles. The molecule has 0 radical (unpaired) electrons. The van der Waals surface area contributed by atoms with Gasteiger partial charge in [-0.15, -0.1) is 0 Å². The van der Waals surface area contributed by atoms with Crippen LogP contribution in [-0.2, 0) is 23.6 Å². The Hall–Kier alpha value is -2.91. The van der Waals surface area contributed by atoms with Gasteiger partial charge in [0.25, 0.3) is 0 Å². The van der Waals surface area contributed by atoms with Crippen molar-refractivity contribution in [2.24, 2.45) is 0 Å². The Bertz CT molecular complexity index is 891. The number of benzene rings is 2. The molecule has 5 nitrogen and oxygen atoms in total. The number of hydrogen-bond donors (Lipinski definition) is 0. The van der Waals surface area contributed by atoms with Gasteiger partial charge in [0, 0.05) is 24.5 Å². The van der Waals surface area contributed by atoms with Crippen LogP contribution in [0.2, 0.25) is 0 Å². The largest absolute Gasteiger partial charge is 0.462 e.